The molecule has 9 heteroatoms. The first kappa shape index (κ1) is 19.1. The Kier molecular flexibility index (Phi) is 5.90. The van der Waals surface area contributed by atoms with E-state index in [2.05, 4.69) is 15.5 Å². The standard InChI is InChI=1S/C18H22N4O4S/c1-4-22-10-12(9-16(22)23)17(24)19-18-21-20-15(27-18)8-11-5-6-13(25-2)14(7-11)26-3/h5-7,12H,4,8-10H2,1-3H3,(H,19,21,24)/t12-/m1/s1. The van der Waals surface area contributed by atoms with Crippen molar-refractivity contribution in [3.8, 4) is 11.5 Å². The Labute approximate surface area is 161 Å². The molecule has 0 bridgehead atoms. The fourth-order valence-corrected chi connectivity index (χ4v) is 3.78. The Hall–Kier alpha value is -2.68. The minimum Gasteiger partial charge on any atom is -0.493 e. The zero-order valence-electron chi connectivity index (χ0n) is 15.5. The van der Waals surface area contributed by atoms with Crippen molar-refractivity contribution in [1.29, 1.82) is 0 Å². The molecule has 1 aliphatic heterocycles. The lowest BCUT2D eigenvalue weighted by Gasteiger charge is -2.12. The summed E-state index contributed by atoms with van der Waals surface area (Å²) in [5.41, 5.74) is 1.00. The van der Waals surface area contributed by atoms with Crippen LogP contribution in [0.2, 0.25) is 0 Å². The number of benzene rings is 1. The molecule has 0 aliphatic carbocycles. The molecule has 8 nitrogen and oxygen atoms in total. The van der Waals surface area contributed by atoms with Gasteiger partial charge in [-0.25, -0.2) is 0 Å². The van der Waals surface area contributed by atoms with Gasteiger partial charge in [0.25, 0.3) is 0 Å². The molecule has 1 aromatic heterocycles. The van der Waals surface area contributed by atoms with Crippen LogP contribution in [0.5, 0.6) is 11.5 Å². The predicted octanol–water partition coefficient (Wildman–Crippen LogP) is 1.95. The maximum Gasteiger partial charge on any atom is 0.231 e. The maximum atomic E-state index is 12.4. The zero-order valence-corrected chi connectivity index (χ0v) is 16.3. The van der Waals surface area contributed by atoms with Crippen molar-refractivity contribution in [2.45, 2.75) is 19.8 Å². The van der Waals surface area contributed by atoms with Crippen LogP contribution < -0.4 is 14.8 Å². The molecule has 2 amide bonds. The number of hydrogen-bond acceptors (Lipinski definition) is 7. The Morgan fingerprint density at radius 3 is 2.74 bits per heavy atom. The molecule has 2 aromatic rings. The molecular weight excluding hydrogens is 368 g/mol. The molecule has 1 fully saturated rings. The number of aromatic nitrogens is 2. The van der Waals surface area contributed by atoms with Crippen LogP contribution in [0, 0.1) is 5.92 Å². The maximum absolute atomic E-state index is 12.4. The van der Waals surface area contributed by atoms with E-state index >= 15 is 0 Å². The molecule has 0 saturated carbocycles. The fraction of sp³-hybridized carbons (Fsp3) is 0.444. The summed E-state index contributed by atoms with van der Waals surface area (Å²) in [6.07, 6.45) is 0.816. The quantitative estimate of drug-likeness (QED) is 0.777. The van der Waals surface area contributed by atoms with Gasteiger partial charge in [0.1, 0.15) is 5.01 Å². The largest absolute Gasteiger partial charge is 0.493 e. The molecule has 1 aliphatic rings. The first-order chi connectivity index (χ1) is 13.0. The second-order valence-electron chi connectivity index (χ2n) is 6.19. The normalized spacial score (nSPS) is 16.5. The number of ether oxygens (including phenoxy) is 2. The van der Waals surface area contributed by atoms with Crippen LogP contribution in [0.4, 0.5) is 5.13 Å². The average Bonchev–Trinajstić information content (AvgIpc) is 3.27. The molecule has 1 N–H and O–H groups in total. The van der Waals surface area contributed by atoms with E-state index in [1.165, 1.54) is 11.3 Å². The van der Waals surface area contributed by atoms with E-state index in [1.54, 1.807) is 19.1 Å². The van der Waals surface area contributed by atoms with Gasteiger partial charge in [-0.05, 0) is 24.6 Å². The van der Waals surface area contributed by atoms with Crippen molar-refractivity contribution in [2.75, 3.05) is 32.6 Å². The van der Waals surface area contributed by atoms with Crippen LogP contribution >= 0.6 is 11.3 Å². The fourth-order valence-electron chi connectivity index (χ4n) is 3.00. The van der Waals surface area contributed by atoms with E-state index in [-0.39, 0.29) is 24.2 Å². The highest BCUT2D eigenvalue weighted by atomic mass is 32.1. The second kappa shape index (κ2) is 8.34. The number of amides is 2. The summed E-state index contributed by atoms with van der Waals surface area (Å²) < 4.78 is 10.5. The molecule has 1 aromatic carbocycles. The monoisotopic (exact) mass is 390 g/mol. The van der Waals surface area contributed by atoms with Crippen LogP contribution in [0.3, 0.4) is 0 Å². The van der Waals surface area contributed by atoms with E-state index in [9.17, 15) is 9.59 Å². The Morgan fingerprint density at radius 2 is 2.07 bits per heavy atom. The van der Waals surface area contributed by atoms with Crippen molar-refractivity contribution in [3.63, 3.8) is 0 Å². The third-order valence-corrected chi connectivity index (χ3v) is 5.31. The zero-order chi connectivity index (χ0) is 19.4. The summed E-state index contributed by atoms with van der Waals surface area (Å²) in [6.45, 7) is 2.98. The number of nitrogens with one attached hydrogen (secondary N) is 1. The molecule has 1 saturated heterocycles. The van der Waals surface area contributed by atoms with Gasteiger partial charge in [0, 0.05) is 25.9 Å². The number of carbonyl (C=O) groups is 2. The summed E-state index contributed by atoms with van der Waals surface area (Å²) >= 11 is 1.32. The molecule has 3 rings (SSSR count). The van der Waals surface area contributed by atoms with Crippen LogP contribution in [0.15, 0.2) is 18.2 Å². The van der Waals surface area contributed by atoms with Crippen LogP contribution in [-0.2, 0) is 16.0 Å². The molecule has 2 heterocycles. The van der Waals surface area contributed by atoms with Gasteiger partial charge in [-0.1, -0.05) is 17.4 Å². The van der Waals surface area contributed by atoms with Crippen molar-refractivity contribution < 1.29 is 19.1 Å². The van der Waals surface area contributed by atoms with Gasteiger partial charge in [0.15, 0.2) is 11.5 Å². The Bertz CT molecular complexity index is 839. The molecule has 1 atom stereocenters. The summed E-state index contributed by atoms with van der Waals surface area (Å²) in [4.78, 5) is 25.8. The molecule has 0 spiro atoms. The third kappa shape index (κ3) is 4.36. The molecule has 0 radical (unpaired) electrons. The number of carbonyl (C=O) groups excluding carboxylic acids is 2. The second-order valence-corrected chi connectivity index (χ2v) is 7.25. The van der Waals surface area contributed by atoms with Crippen LogP contribution in [-0.4, -0.2) is 54.2 Å². The Morgan fingerprint density at radius 1 is 1.30 bits per heavy atom. The molecule has 27 heavy (non-hydrogen) atoms. The summed E-state index contributed by atoms with van der Waals surface area (Å²) in [5, 5.41) is 12.2. The molecule has 144 valence electrons. The number of hydrogen-bond donors (Lipinski definition) is 1. The van der Waals surface area contributed by atoms with Crippen molar-refractivity contribution in [1.82, 2.24) is 15.1 Å². The lowest BCUT2D eigenvalue weighted by atomic mass is 10.1. The molecular formula is C18H22N4O4S. The number of rotatable bonds is 7. The SMILES string of the molecule is CCN1C[C@H](C(=O)Nc2nnc(Cc3ccc(OC)c(OC)c3)s2)CC1=O. The number of nitrogens with zero attached hydrogens (tertiary/aromatic N) is 3. The van der Waals surface area contributed by atoms with Crippen molar-refractivity contribution >= 4 is 28.3 Å². The first-order valence-electron chi connectivity index (χ1n) is 8.66. The topological polar surface area (TPSA) is 93.7 Å². The summed E-state index contributed by atoms with van der Waals surface area (Å²) in [5.74, 6) is 0.811. The highest BCUT2D eigenvalue weighted by molar-refractivity contribution is 7.15. The van der Waals surface area contributed by atoms with Gasteiger partial charge in [-0.2, -0.15) is 0 Å². The van der Waals surface area contributed by atoms with Crippen LogP contribution in [0.1, 0.15) is 23.9 Å². The minimum atomic E-state index is -0.337. The van der Waals surface area contributed by atoms with Gasteiger partial charge in [-0.3, -0.25) is 9.59 Å². The number of anilines is 1. The third-order valence-electron chi connectivity index (χ3n) is 4.47. The van der Waals surface area contributed by atoms with Gasteiger partial charge in [0.2, 0.25) is 16.9 Å². The number of methoxy groups -OCH3 is 2. The van der Waals surface area contributed by atoms with Crippen molar-refractivity contribution in [3.05, 3.63) is 28.8 Å². The summed E-state index contributed by atoms with van der Waals surface area (Å²) in [6, 6.07) is 5.67. The van der Waals surface area contributed by atoms with E-state index in [0.717, 1.165) is 10.6 Å². The van der Waals surface area contributed by atoms with Gasteiger partial charge in [-0.15, -0.1) is 10.2 Å². The average molecular weight is 390 g/mol. The van der Waals surface area contributed by atoms with E-state index in [4.69, 9.17) is 9.47 Å². The van der Waals surface area contributed by atoms with Gasteiger partial charge >= 0.3 is 0 Å². The van der Waals surface area contributed by atoms with E-state index < -0.39 is 0 Å². The lowest BCUT2D eigenvalue weighted by Crippen LogP contribution is -2.28. The van der Waals surface area contributed by atoms with Crippen molar-refractivity contribution in [2.24, 2.45) is 5.92 Å². The Balaban J connectivity index is 1.62. The smallest absolute Gasteiger partial charge is 0.231 e. The lowest BCUT2D eigenvalue weighted by molar-refractivity contribution is -0.128. The van der Waals surface area contributed by atoms with E-state index in [0.29, 0.717) is 36.1 Å². The number of likely N-dealkylation sites (tertiary alicyclic amines) is 1. The van der Waals surface area contributed by atoms with E-state index in [1.807, 2.05) is 25.1 Å². The molecule has 0 unspecified atom stereocenters. The minimum absolute atomic E-state index is 0.0176. The van der Waals surface area contributed by atoms with Gasteiger partial charge in [0.05, 0.1) is 20.1 Å². The highest BCUT2D eigenvalue weighted by Gasteiger charge is 2.33. The predicted molar refractivity (Wildman–Crippen MR) is 101 cm³/mol. The van der Waals surface area contributed by atoms with Crippen LogP contribution in [0.25, 0.3) is 0 Å². The van der Waals surface area contributed by atoms with Gasteiger partial charge < -0.3 is 19.7 Å². The summed E-state index contributed by atoms with van der Waals surface area (Å²) in [7, 11) is 3.18. The highest BCUT2D eigenvalue weighted by Crippen LogP contribution is 2.29. The first-order valence-corrected chi connectivity index (χ1v) is 9.47.